The van der Waals surface area contributed by atoms with Gasteiger partial charge in [0, 0.05) is 5.02 Å². The van der Waals surface area contributed by atoms with Crippen LogP contribution in [0.1, 0.15) is 18.5 Å². The standard InChI is InChI=1S/C11H12ClN3/c1-8(15-11(13)6-7-14-15)9-4-2-3-5-10(9)12/h2-8H,13H2,1H3. The Balaban J connectivity index is 2.41. The lowest BCUT2D eigenvalue weighted by Crippen LogP contribution is -2.11. The molecule has 0 aliphatic heterocycles. The van der Waals surface area contributed by atoms with Gasteiger partial charge in [0.1, 0.15) is 5.82 Å². The Morgan fingerprint density at radius 3 is 2.67 bits per heavy atom. The topological polar surface area (TPSA) is 43.8 Å². The summed E-state index contributed by atoms with van der Waals surface area (Å²) in [6, 6.07) is 9.53. The highest BCUT2D eigenvalue weighted by atomic mass is 35.5. The lowest BCUT2D eigenvalue weighted by molar-refractivity contribution is 0.573. The van der Waals surface area contributed by atoms with Crippen molar-refractivity contribution in [1.82, 2.24) is 9.78 Å². The highest BCUT2D eigenvalue weighted by molar-refractivity contribution is 6.31. The Hall–Kier alpha value is -1.48. The molecule has 78 valence electrons. The molecule has 4 heteroatoms. The molecular weight excluding hydrogens is 210 g/mol. The Morgan fingerprint density at radius 1 is 1.33 bits per heavy atom. The third-order valence-corrected chi connectivity index (χ3v) is 2.77. The molecule has 1 aromatic carbocycles. The van der Waals surface area contributed by atoms with Crippen LogP contribution in [-0.4, -0.2) is 9.78 Å². The van der Waals surface area contributed by atoms with Crippen LogP contribution in [-0.2, 0) is 0 Å². The number of aromatic nitrogens is 2. The first kappa shape index (κ1) is 10.1. The van der Waals surface area contributed by atoms with Crippen molar-refractivity contribution in [3.8, 4) is 0 Å². The van der Waals surface area contributed by atoms with Crippen molar-refractivity contribution in [1.29, 1.82) is 0 Å². The first-order valence-electron chi connectivity index (χ1n) is 4.73. The zero-order valence-corrected chi connectivity index (χ0v) is 9.15. The maximum Gasteiger partial charge on any atom is 0.122 e. The quantitative estimate of drug-likeness (QED) is 0.848. The maximum absolute atomic E-state index is 6.11. The lowest BCUT2D eigenvalue weighted by atomic mass is 10.1. The van der Waals surface area contributed by atoms with E-state index in [9.17, 15) is 0 Å². The van der Waals surface area contributed by atoms with E-state index in [1.807, 2.05) is 31.2 Å². The van der Waals surface area contributed by atoms with Crippen LogP contribution in [0.3, 0.4) is 0 Å². The minimum atomic E-state index is 0.0497. The van der Waals surface area contributed by atoms with Gasteiger partial charge in [-0.1, -0.05) is 29.8 Å². The number of halogens is 1. The van der Waals surface area contributed by atoms with Gasteiger partial charge in [0.15, 0.2) is 0 Å². The van der Waals surface area contributed by atoms with Gasteiger partial charge >= 0.3 is 0 Å². The van der Waals surface area contributed by atoms with Crippen molar-refractivity contribution in [2.45, 2.75) is 13.0 Å². The Bertz CT molecular complexity index is 464. The molecule has 0 radical (unpaired) electrons. The highest BCUT2D eigenvalue weighted by Gasteiger charge is 2.12. The van der Waals surface area contributed by atoms with Crippen LogP contribution in [0, 0.1) is 0 Å². The predicted molar refractivity (Wildman–Crippen MR) is 61.9 cm³/mol. The van der Waals surface area contributed by atoms with E-state index in [2.05, 4.69) is 5.10 Å². The minimum Gasteiger partial charge on any atom is -0.384 e. The van der Waals surface area contributed by atoms with Crippen LogP contribution in [0.15, 0.2) is 36.5 Å². The van der Waals surface area contributed by atoms with Gasteiger partial charge in [0.25, 0.3) is 0 Å². The summed E-state index contributed by atoms with van der Waals surface area (Å²) in [6.45, 7) is 2.02. The lowest BCUT2D eigenvalue weighted by Gasteiger charge is -2.15. The van der Waals surface area contributed by atoms with Crippen molar-refractivity contribution >= 4 is 17.4 Å². The summed E-state index contributed by atoms with van der Waals surface area (Å²) in [5.74, 6) is 0.641. The second-order valence-electron chi connectivity index (χ2n) is 3.40. The van der Waals surface area contributed by atoms with E-state index in [0.29, 0.717) is 5.82 Å². The molecule has 0 saturated carbocycles. The van der Waals surface area contributed by atoms with E-state index in [-0.39, 0.29) is 6.04 Å². The molecule has 2 aromatic rings. The monoisotopic (exact) mass is 221 g/mol. The summed E-state index contributed by atoms with van der Waals surface area (Å²) in [5.41, 5.74) is 6.81. The number of nitrogen functional groups attached to an aromatic ring is 1. The molecular formula is C11H12ClN3. The molecule has 1 aromatic heterocycles. The maximum atomic E-state index is 6.11. The fourth-order valence-electron chi connectivity index (χ4n) is 1.59. The summed E-state index contributed by atoms with van der Waals surface area (Å²) in [6.07, 6.45) is 1.68. The normalized spacial score (nSPS) is 12.7. The number of rotatable bonds is 2. The number of hydrogen-bond acceptors (Lipinski definition) is 2. The molecule has 0 fully saturated rings. The Kier molecular flexibility index (Phi) is 2.64. The zero-order valence-electron chi connectivity index (χ0n) is 8.39. The molecule has 1 atom stereocenters. The summed E-state index contributed by atoms with van der Waals surface area (Å²) in [5, 5.41) is 4.90. The largest absolute Gasteiger partial charge is 0.384 e. The van der Waals surface area contributed by atoms with Crippen LogP contribution in [0.2, 0.25) is 5.02 Å². The first-order valence-corrected chi connectivity index (χ1v) is 5.11. The molecule has 0 saturated heterocycles. The molecule has 3 nitrogen and oxygen atoms in total. The molecule has 1 heterocycles. The van der Waals surface area contributed by atoms with Crippen LogP contribution < -0.4 is 5.73 Å². The van der Waals surface area contributed by atoms with Crippen LogP contribution in [0.5, 0.6) is 0 Å². The van der Waals surface area contributed by atoms with Gasteiger partial charge in [-0.3, -0.25) is 0 Å². The highest BCUT2D eigenvalue weighted by Crippen LogP contribution is 2.26. The minimum absolute atomic E-state index is 0.0497. The van der Waals surface area contributed by atoms with E-state index in [1.165, 1.54) is 0 Å². The average Bonchev–Trinajstić information content (AvgIpc) is 2.64. The van der Waals surface area contributed by atoms with Crippen LogP contribution in [0.4, 0.5) is 5.82 Å². The molecule has 0 spiro atoms. The summed E-state index contributed by atoms with van der Waals surface area (Å²) >= 11 is 6.11. The fraction of sp³-hybridized carbons (Fsp3) is 0.182. The molecule has 0 amide bonds. The van der Waals surface area contributed by atoms with E-state index >= 15 is 0 Å². The van der Waals surface area contributed by atoms with E-state index < -0.39 is 0 Å². The van der Waals surface area contributed by atoms with Gasteiger partial charge < -0.3 is 5.73 Å². The zero-order chi connectivity index (χ0) is 10.8. The summed E-state index contributed by atoms with van der Waals surface area (Å²) in [7, 11) is 0. The molecule has 2 rings (SSSR count). The van der Waals surface area contributed by atoms with Gasteiger partial charge in [-0.25, -0.2) is 4.68 Å². The third kappa shape index (κ3) is 1.83. The van der Waals surface area contributed by atoms with Crippen molar-refractivity contribution < 1.29 is 0 Å². The molecule has 15 heavy (non-hydrogen) atoms. The van der Waals surface area contributed by atoms with Crippen molar-refractivity contribution in [2.75, 3.05) is 5.73 Å². The number of hydrogen-bond donors (Lipinski definition) is 1. The Morgan fingerprint density at radius 2 is 2.07 bits per heavy atom. The molecule has 2 N–H and O–H groups in total. The van der Waals surface area contributed by atoms with Crippen molar-refractivity contribution in [2.24, 2.45) is 0 Å². The van der Waals surface area contributed by atoms with Gasteiger partial charge in [-0.05, 0) is 24.6 Å². The molecule has 0 bridgehead atoms. The summed E-state index contributed by atoms with van der Waals surface area (Å²) < 4.78 is 1.75. The number of nitrogens with two attached hydrogens (primary N) is 1. The molecule has 1 unspecified atom stereocenters. The van der Waals surface area contributed by atoms with E-state index in [0.717, 1.165) is 10.6 Å². The summed E-state index contributed by atoms with van der Waals surface area (Å²) in [4.78, 5) is 0. The van der Waals surface area contributed by atoms with Crippen LogP contribution >= 0.6 is 11.6 Å². The number of benzene rings is 1. The molecule has 0 aliphatic carbocycles. The second-order valence-corrected chi connectivity index (χ2v) is 3.81. The van der Waals surface area contributed by atoms with E-state index in [4.69, 9.17) is 17.3 Å². The first-order chi connectivity index (χ1) is 7.20. The van der Waals surface area contributed by atoms with Crippen molar-refractivity contribution in [3.63, 3.8) is 0 Å². The van der Waals surface area contributed by atoms with Gasteiger partial charge in [0.2, 0.25) is 0 Å². The fourth-order valence-corrected chi connectivity index (χ4v) is 1.89. The predicted octanol–water partition coefficient (Wildman–Crippen LogP) is 2.73. The average molecular weight is 222 g/mol. The van der Waals surface area contributed by atoms with Gasteiger partial charge in [0.05, 0.1) is 12.2 Å². The van der Waals surface area contributed by atoms with Crippen molar-refractivity contribution in [3.05, 3.63) is 47.1 Å². The smallest absolute Gasteiger partial charge is 0.122 e. The number of anilines is 1. The second kappa shape index (κ2) is 3.95. The molecule has 0 aliphatic rings. The third-order valence-electron chi connectivity index (χ3n) is 2.42. The Labute approximate surface area is 93.5 Å². The SMILES string of the molecule is CC(c1ccccc1Cl)n1nccc1N. The van der Waals surface area contributed by atoms with Gasteiger partial charge in [-0.15, -0.1) is 0 Å². The van der Waals surface area contributed by atoms with Crippen LogP contribution in [0.25, 0.3) is 0 Å². The van der Waals surface area contributed by atoms with E-state index in [1.54, 1.807) is 16.9 Å². The van der Waals surface area contributed by atoms with Gasteiger partial charge in [-0.2, -0.15) is 5.10 Å². The number of nitrogens with zero attached hydrogens (tertiary/aromatic N) is 2.